The molecule has 3 heteroatoms. The van der Waals surface area contributed by atoms with Crippen LogP contribution in [0.2, 0.25) is 0 Å². The number of amides is 1. The normalized spacial score (nSPS) is 11.6. The van der Waals surface area contributed by atoms with E-state index in [2.05, 4.69) is 29.6 Å². The number of carbonyl (C=O) groups excluding carboxylic acids is 1. The molecule has 1 atom stereocenters. The summed E-state index contributed by atoms with van der Waals surface area (Å²) in [6, 6.07) is 27.7. The van der Waals surface area contributed by atoms with Crippen LogP contribution in [0.15, 0.2) is 84.9 Å². The van der Waals surface area contributed by atoms with Gasteiger partial charge in [-0.2, -0.15) is 0 Å². The van der Waals surface area contributed by atoms with Crippen LogP contribution in [0.5, 0.6) is 5.75 Å². The molecule has 0 fully saturated rings. The molecule has 0 aliphatic carbocycles. The Bertz CT molecular complexity index is 798. The van der Waals surface area contributed by atoms with Crippen molar-refractivity contribution >= 4 is 5.91 Å². The number of para-hydroxylation sites is 1. The predicted octanol–water partition coefficient (Wildman–Crippen LogP) is 4.61. The van der Waals surface area contributed by atoms with E-state index in [0.717, 1.165) is 11.1 Å². The van der Waals surface area contributed by atoms with Gasteiger partial charge in [0.15, 0.2) is 6.61 Å². The molecule has 126 valence electrons. The monoisotopic (exact) mass is 331 g/mol. The highest BCUT2D eigenvalue weighted by Gasteiger charge is 2.10. The van der Waals surface area contributed by atoms with Crippen LogP contribution in [0.1, 0.15) is 18.5 Å². The maximum Gasteiger partial charge on any atom is 0.258 e. The number of benzene rings is 3. The summed E-state index contributed by atoms with van der Waals surface area (Å²) in [7, 11) is 0. The van der Waals surface area contributed by atoms with Gasteiger partial charge in [0.1, 0.15) is 5.75 Å². The summed E-state index contributed by atoms with van der Waals surface area (Å²) in [5, 5.41) is 2.96. The summed E-state index contributed by atoms with van der Waals surface area (Å²) in [6.07, 6.45) is 0. The zero-order valence-corrected chi connectivity index (χ0v) is 14.2. The molecule has 1 N–H and O–H groups in total. The summed E-state index contributed by atoms with van der Waals surface area (Å²) >= 11 is 0. The molecule has 0 spiro atoms. The second-order valence-corrected chi connectivity index (χ2v) is 5.88. The lowest BCUT2D eigenvalue weighted by Gasteiger charge is -2.15. The minimum Gasteiger partial charge on any atom is -0.484 e. The Balaban J connectivity index is 1.55. The average Bonchev–Trinajstić information content (AvgIpc) is 2.68. The second-order valence-electron chi connectivity index (χ2n) is 5.88. The lowest BCUT2D eigenvalue weighted by atomic mass is 10.0. The molecule has 3 aromatic carbocycles. The van der Waals surface area contributed by atoms with E-state index in [0.29, 0.717) is 5.75 Å². The van der Waals surface area contributed by atoms with Crippen molar-refractivity contribution in [2.24, 2.45) is 0 Å². The van der Waals surface area contributed by atoms with Gasteiger partial charge in [-0.15, -0.1) is 0 Å². The molecule has 3 aromatic rings. The number of rotatable bonds is 6. The molecule has 3 nitrogen and oxygen atoms in total. The first-order valence-corrected chi connectivity index (χ1v) is 8.35. The number of carbonyl (C=O) groups is 1. The number of nitrogens with one attached hydrogen (secondary N) is 1. The van der Waals surface area contributed by atoms with Crippen LogP contribution in [-0.4, -0.2) is 12.5 Å². The Morgan fingerprint density at radius 1 is 0.840 bits per heavy atom. The van der Waals surface area contributed by atoms with Crippen LogP contribution < -0.4 is 10.1 Å². The van der Waals surface area contributed by atoms with Crippen molar-refractivity contribution in [1.82, 2.24) is 5.32 Å². The Labute approximate surface area is 148 Å². The molecule has 0 aliphatic heterocycles. The highest BCUT2D eigenvalue weighted by molar-refractivity contribution is 5.78. The fourth-order valence-electron chi connectivity index (χ4n) is 2.63. The van der Waals surface area contributed by atoms with E-state index in [9.17, 15) is 4.79 Å². The highest BCUT2D eigenvalue weighted by Crippen LogP contribution is 2.21. The van der Waals surface area contributed by atoms with E-state index >= 15 is 0 Å². The van der Waals surface area contributed by atoms with Crippen molar-refractivity contribution in [2.75, 3.05) is 6.61 Å². The maximum absolute atomic E-state index is 12.1. The first-order valence-electron chi connectivity index (χ1n) is 8.35. The summed E-state index contributed by atoms with van der Waals surface area (Å²) in [5.41, 5.74) is 3.41. The smallest absolute Gasteiger partial charge is 0.258 e. The largest absolute Gasteiger partial charge is 0.484 e. The zero-order valence-electron chi connectivity index (χ0n) is 14.2. The number of hydrogen-bond acceptors (Lipinski definition) is 2. The van der Waals surface area contributed by atoms with Gasteiger partial charge in [-0.1, -0.05) is 72.8 Å². The average molecular weight is 331 g/mol. The van der Waals surface area contributed by atoms with E-state index in [1.54, 1.807) is 0 Å². The van der Waals surface area contributed by atoms with E-state index in [4.69, 9.17) is 4.74 Å². The van der Waals surface area contributed by atoms with E-state index in [1.807, 2.05) is 67.6 Å². The van der Waals surface area contributed by atoms with Gasteiger partial charge in [0.05, 0.1) is 6.04 Å². The summed E-state index contributed by atoms with van der Waals surface area (Å²) in [5.74, 6) is 0.556. The van der Waals surface area contributed by atoms with Crippen molar-refractivity contribution in [3.05, 3.63) is 90.5 Å². The lowest BCUT2D eigenvalue weighted by molar-refractivity contribution is -0.123. The van der Waals surface area contributed by atoms with Crippen molar-refractivity contribution in [2.45, 2.75) is 13.0 Å². The maximum atomic E-state index is 12.1. The van der Waals surface area contributed by atoms with Gasteiger partial charge in [0, 0.05) is 0 Å². The predicted molar refractivity (Wildman–Crippen MR) is 100 cm³/mol. The third kappa shape index (κ3) is 4.70. The Hall–Kier alpha value is -3.07. The number of hydrogen-bond donors (Lipinski definition) is 1. The topological polar surface area (TPSA) is 38.3 Å². The Kier molecular flexibility index (Phi) is 5.47. The van der Waals surface area contributed by atoms with E-state index < -0.39 is 0 Å². The Morgan fingerprint density at radius 3 is 2.04 bits per heavy atom. The second kappa shape index (κ2) is 8.15. The molecule has 0 saturated carbocycles. The standard InChI is InChI=1S/C22H21NO2/c1-17(23-22(24)16-25-21-10-6-3-7-11-21)18-12-14-20(15-13-18)19-8-4-2-5-9-19/h2-15,17H,16H2,1H3,(H,23,24)/t17-/m0/s1. The van der Waals surface area contributed by atoms with Crippen LogP contribution in [0.3, 0.4) is 0 Å². The minimum atomic E-state index is -0.136. The van der Waals surface area contributed by atoms with Gasteiger partial charge in [-0.05, 0) is 35.7 Å². The van der Waals surface area contributed by atoms with Gasteiger partial charge >= 0.3 is 0 Å². The van der Waals surface area contributed by atoms with Crippen molar-refractivity contribution in [3.63, 3.8) is 0 Å². The molecular formula is C22H21NO2. The summed E-state index contributed by atoms with van der Waals surface area (Å²) < 4.78 is 5.47. The van der Waals surface area contributed by atoms with Gasteiger partial charge < -0.3 is 10.1 Å². The first-order chi connectivity index (χ1) is 12.2. The van der Waals surface area contributed by atoms with E-state index in [1.165, 1.54) is 5.56 Å². The lowest BCUT2D eigenvalue weighted by Crippen LogP contribution is -2.31. The van der Waals surface area contributed by atoms with Crippen LogP contribution in [0.4, 0.5) is 0 Å². The molecule has 25 heavy (non-hydrogen) atoms. The molecule has 0 aromatic heterocycles. The molecule has 0 heterocycles. The van der Waals surface area contributed by atoms with Crippen molar-refractivity contribution in [3.8, 4) is 16.9 Å². The molecular weight excluding hydrogens is 310 g/mol. The quantitative estimate of drug-likeness (QED) is 0.716. The van der Waals surface area contributed by atoms with Gasteiger partial charge in [-0.25, -0.2) is 0 Å². The Morgan fingerprint density at radius 2 is 1.40 bits per heavy atom. The zero-order chi connectivity index (χ0) is 17.5. The minimum absolute atomic E-state index is 0.0104. The SMILES string of the molecule is C[C@H](NC(=O)COc1ccccc1)c1ccc(-c2ccccc2)cc1. The van der Waals surface area contributed by atoms with Crippen molar-refractivity contribution < 1.29 is 9.53 Å². The fourth-order valence-corrected chi connectivity index (χ4v) is 2.63. The third-order valence-electron chi connectivity index (χ3n) is 4.01. The molecule has 0 saturated heterocycles. The van der Waals surface area contributed by atoms with Crippen LogP contribution in [0.25, 0.3) is 11.1 Å². The number of ether oxygens (including phenoxy) is 1. The molecule has 0 aliphatic rings. The van der Waals surface area contributed by atoms with Gasteiger partial charge in [0.25, 0.3) is 5.91 Å². The van der Waals surface area contributed by atoms with Crippen molar-refractivity contribution in [1.29, 1.82) is 0 Å². The van der Waals surface area contributed by atoms with Crippen LogP contribution in [-0.2, 0) is 4.79 Å². The van der Waals surface area contributed by atoms with Crippen LogP contribution in [0, 0.1) is 0 Å². The molecule has 1 amide bonds. The van der Waals surface area contributed by atoms with Crippen LogP contribution >= 0.6 is 0 Å². The third-order valence-corrected chi connectivity index (χ3v) is 4.01. The molecule has 0 unspecified atom stereocenters. The van der Waals surface area contributed by atoms with Gasteiger partial charge in [-0.3, -0.25) is 4.79 Å². The van der Waals surface area contributed by atoms with Gasteiger partial charge in [0.2, 0.25) is 0 Å². The summed E-state index contributed by atoms with van der Waals surface area (Å²) in [4.78, 5) is 12.1. The molecule has 3 rings (SSSR count). The molecule has 0 bridgehead atoms. The molecule has 0 radical (unpaired) electrons. The first kappa shape index (κ1) is 16.8. The highest BCUT2D eigenvalue weighted by atomic mass is 16.5. The fraction of sp³-hybridized carbons (Fsp3) is 0.136. The summed E-state index contributed by atoms with van der Waals surface area (Å²) in [6.45, 7) is 1.98. The van der Waals surface area contributed by atoms with E-state index in [-0.39, 0.29) is 18.6 Å².